The summed E-state index contributed by atoms with van der Waals surface area (Å²) in [6.07, 6.45) is 0.783. The molecule has 32 heavy (non-hydrogen) atoms. The number of amides is 1. The van der Waals surface area contributed by atoms with Crippen LogP contribution in [0.3, 0.4) is 0 Å². The van der Waals surface area contributed by atoms with E-state index in [4.69, 9.17) is 11.6 Å². The van der Waals surface area contributed by atoms with E-state index >= 15 is 0 Å². The SMILES string of the molecule is Cn1cc(-c2cccc([C@H](NC(=O)c3cccc(C(F)(F)F)c3Cl)[C@@H]3CCCN3)c2)cn1. The molecule has 0 bridgehead atoms. The first-order chi connectivity index (χ1) is 15.2. The maximum absolute atomic E-state index is 13.2. The van der Waals surface area contributed by atoms with Crippen molar-refractivity contribution in [2.75, 3.05) is 6.54 Å². The molecule has 5 nitrogen and oxygen atoms in total. The van der Waals surface area contributed by atoms with E-state index < -0.39 is 28.7 Å². The van der Waals surface area contributed by atoms with Crippen molar-refractivity contribution in [1.29, 1.82) is 0 Å². The Bertz CT molecular complexity index is 1120. The summed E-state index contributed by atoms with van der Waals surface area (Å²) in [5, 5.41) is 9.90. The van der Waals surface area contributed by atoms with Gasteiger partial charge in [0, 0.05) is 24.8 Å². The van der Waals surface area contributed by atoms with E-state index in [9.17, 15) is 18.0 Å². The third-order valence-corrected chi connectivity index (χ3v) is 6.03. The molecule has 1 fully saturated rings. The lowest BCUT2D eigenvalue weighted by Gasteiger charge is -2.26. The number of aromatic nitrogens is 2. The number of alkyl halides is 3. The third-order valence-electron chi connectivity index (χ3n) is 5.62. The van der Waals surface area contributed by atoms with Gasteiger partial charge in [0.2, 0.25) is 0 Å². The standard InChI is InChI=1S/C23H22ClF3N4O/c1-31-13-16(12-29-31)14-5-2-6-15(11-14)21(19-9-4-10-28-19)30-22(32)17-7-3-8-18(20(17)24)23(25,26)27/h2-3,5-8,11-13,19,21,28H,4,9-10H2,1H3,(H,30,32)/t19-,21-/m0/s1. The van der Waals surface area contributed by atoms with E-state index in [1.165, 1.54) is 12.1 Å². The number of nitrogens with zero attached hydrogens (tertiary/aromatic N) is 2. The molecule has 4 rings (SSSR count). The average molecular weight is 463 g/mol. The number of hydrogen-bond acceptors (Lipinski definition) is 3. The Morgan fingerprint density at radius 3 is 2.69 bits per heavy atom. The van der Waals surface area contributed by atoms with Crippen molar-refractivity contribution in [3.8, 4) is 11.1 Å². The van der Waals surface area contributed by atoms with Crippen LogP contribution in [0, 0.1) is 0 Å². The van der Waals surface area contributed by atoms with Crippen LogP contribution in [0.5, 0.6) is 0 Å². The second-order valence-corrected chi connectivity index (χ2v) is 8.22. The molecule has 2 heterocycles. The van der Waals surface area contributed by atoms with Crippen LogP contribution in [0.15, 0.2) is 54.9 Å². The molecule has 0 unspecified atom stereocenters. The summed E-state index contributed by atoms with van der Waals surface area (Å²) in [5.74, 6) is -0.647. The average Bonchev–Trinajstić information content (AvgIpc) is 3.43. The summed E-state index contributed by atoms with van der Waals surface area (Å²) >= 11 is 5.98. The number of halogens is 4. The van der Waals surface area contributed by atoms with Crippen molar-refractivity contribution in [1.82, 2.24) is 20.4 Å². The number of carbonyl (C=O) groups excluding carboxylic acids is 1. The zero-order valence-electron chi connectivity index (χ0n) is 17.3. The molecule has 1 aliphatic heterocycles. The van der Waals surface area contributed by atoms with E-state index in [2.05, 4.69) is 15.7 Å². The second-order valence-electron chi connectivity index (χ2n) is 7.85. The maximum atomic E-state index is 13.2. The molecule has 2 N–H and O–H groups in total. The Hall–Kier alpha value is -2.84. The number of rotatable bonds is 5. The minimum atomic E-state index is -4.64. The van der Waals surface area contributed by atoms with Gasteiger partial charge < -0.3 is 10.6 Å². The first-order valence-electron chi connectivity index (χ1n) is 10.2. The highest BCUT2D eigenvalue weighted by Crippen LogP contribution is 2.36. The van der Waals surface area contributed by atoms with Gasteiger partial charge in [-0.15, -0.1) is 0 Å². The van der Waals surface area contributed by atoms with Crippen LogP contribution in [-0.4, -0.2) is 28.3 Å². The lowest BCUT2D eigenvalue weighted by atomic mass is 9.94. The summed E-state index contributed by atoms with van der Waals surface area (Å²) in [6, 6.07) is 10.6. The molecular weight excluding hydrogens is 441 g/mol. The molecule has 1 aromatic heterocycles. The van der Waals surface area contributed by atoms with Gasteiger partial charge in [-0.3, -0.25) is 9.48 Å². The van der Waals surface area contributed by atoms with Gasteiger partial charge in [-0.25, -0.2) is 0 Å². The van der Waals surface area contributed by atoms with Gasteiger partial charge in [-0.1, -0.05) is 35.9 Å². The van der Waals surface area contributed by atoms with Crippen molar-refractivity contribution in [3.05, 3.63) is 76.6 Å². The van der Waals surface area contributed by atoms with Gasteiger partial charge in [-0.05, 0) is 48.7 Å². The first kappa shape index (κ1) is 22.4. The van der Waals surface area contributed by atoms with Gasteiger partial charge >= 0.3 is 6.18 Å². The van der Waals surface area contributed by atoms with Gasteiger partial charge in [0.1, 0.15) is 0 Å². The van der Waals surface area contributed by atoms with Gasteiger partial charge in [0.05, 0.1) is 28.4 Å². The zero-order chi connectivity index (χ0) is 22.9. The Balaban J connectivity index is 1.66. The van der Waals surface area contributed by atoms with Crippen LogP contribution in [0.4, 0.5) is 13.2 Å². The van der Waals surface area contributed by atoms with Crippen molar-refractivity contribution in [3.63, 3.8) is 0 Å². The zero-order valence-corrected chi connectivity index (χ0v) is 18.0. The molecule has 2 atom stereocenters. The maximum Gasteiger partial charge on any atom is 0.417 e. The fraction of sp³-hybridized carbons (Fsp3) is 0.304. The molecule has 1 saturated heterocycles. The quantitative estimate of drug-likeness (QED) is 0.562. The summed E-state index contributed by atoms with van der Waals surface area (Å²) in [6.45, 7) is 0.809. The molecular formula is C23H22ClF3N4O. The fourth-order valence-electron chi connectivity index (χ4n) is 4.04. The molecule has 1 aliphatic rings. The van der Waals surface area contributed by atoms with Crippen molar-refractivity contribution >= 4 is 17.5 Å². The van der Waals surface area contributed by atoms with Crippen molar-refractivity contribution < 1.29 is 18.0 Å². The number of carbonyl (C=O) groups is 1. The minimum absolute atomic E-state index is 0.0485. The van der Waals surface area contributed by atoms with Crippen LogP contribution >= 0.6 is 11.6 Å². The van der Waals surface area contributed by atoms with Crippen LogP contribution in [0.1, 0.15) is 40.4 Å². The normalized spacial score (nSPS) is 17.3. The number of nitrogens with one attached hydrogen (secondary N) is 2. The fourth-order valence-corrected chi connectivity index (χ4v) is 4.36. The van der Waals surface area contributed by atoms with E-state index in [0.29, 0.717) is 0 Å². The molecule has 1 amide bonds. The predicted molar refractivity (Wildman–Crippen MR) is 116 cm³/mol. The largest absolute Gasteiger partial charge is 0.417 e. The smallest absolute Gasteiger partial charge is 0.344 e. The van der Waals surface area contributed by atoms with Gasteiger partial charge in [0.15, 0.2) is 0 Å². The van der Waals surface area contributed by atoms with Crippen LogP contribution < -0.4 is 10.6 Å². The lowest BCUT2D eigenvalue weighted by molar-refractivity contribution is -0.137. The highest BCUT2D eigenvalue weighted by Gasteiger charge is 2.35. The first-order valence-corrected chi connectivity index (χ1v) is 10.6. The van der Waals surface area contributed by atoms with Crippen molar-refractivity contribution in [2.45, 2.75) is 31.1 Å². The number of hydrogen-bond donors (Lipinski definition) is 2. The number of benzene rings is 2. The van der Waals surface area contributed by atoms with E-state index in [1.807, 2.05) is 37.5 Å². The summed E-state index contributed by atoms with van der Waals surface area (Å²) in [7, 11) is 1.83. The van der Waals surface area contributed by atoms with Crippen LogP contribution in [0.25, 0.3) is 11.1 Å². The highest BCUT2D eigenvalue weighted by atomic mass is 35.5. The third kappa shape index (κ3) is 4.66. The molecule has 0 radical (unpaired) electrons. The van der Waals surface area contributed by atoms with Crippen molar-refractivity contribution in [2.24, 2.45) is 7.05 Å². The van der Waals surface area contributed by atoms with E-state index in [0.717, 1.165) is 42.1 Å². The summed E-state index contributed by atoms with van der Waals surface area (Å²) < 4.78 is 41.4. The monoisotopic (exact) mass is 462 g/mol. The predicted octanol–water partition coefficient (Wildman–Crippen LogP) is 4.98. The van der Waals surface area contributed by atoms with E-state index in [-0.39, 0.29) is 11.6 Å². The molecule has 0 saturated carbocycles. The Morgan fingerprint density at radius 2 is 2.03 bits per heavy atom. The van der Waals surface area contributed by atoms with E-state index in [1.54, 1.807) is 10.9 Å². The Kier molecular flexibility index (Phi) is 6.26. The molecule has 0 aliphatic carbocycles. The molecule has 168 valence electrons. The Labute approximate surface area is 188 Å². The van der Waals surface area contributed by atoms with Crippen LogP contribution in [0.2, 0.25) is 5.02 Å². The van der Waals surface area contributed by atoms with Gasteiger partial charge in [0.25, 0.3) is 5.91 Å². The minimum Gasteiger partial charge on any atom is -0.344 e. The summed E-state index contributed by atoms with van der Waals surface area (Å²) in [5.41, 5.74) is 1.49. The molecule has 9 heteroatoms. The van der Waals surface area contributed by atoms with Crippen LogP contribution in [-0.2, 0) is 13.2 Å². The lowest BCUT2D eigenvalue weighted by Crippen LogP contribution is -2.41. The molecule has 3 aromatic rings. The summed E-state index contributed by atoms with van der Waals surface area (Å²) in [4.78, 5) is 13.0. The Morgan fingerprint density at radius 1 is 1.25 bits per heavy atom. The highest BCUT2D eigenvalue weighted by molar-refractivity contribution is 6.34. The topological polar surface area (TPSA) is 59.0 Å². The molecule has 0 spiro atoms. The second kappa shape index (κ2) is 8.96. The number of aryl methyl sites for hydroxylation is 1. The molecule has 2 aromatic carbocycles. The van der Waals surface area contributed by atoms with Gasteiger partial charge in [-0.2, -0.15) is 18.3 Å².